The van der Waals surface area contributed by atoms with Gasteiger partial charge in [-0.05, 0) is 42.2 Å². The van der Waals surface area contributed by atoms with Gasteiger partial charge >= 0.3 is 6.18 Å². The van der Waals surface area contributed by atoms with Crippen LogP contribution in [0, 0.1) is 0 Å². The summed E-state index contributed by atoms with van der Waals surface area (Å²) in [6.07, 6.45) is -3.79. The van der Waals surface area contributed by atoms with Gasteiger partial charge in [-0.15, -0.1) is 0 Å². The molecule has 4 N–H and O–H groups in total. The first-order valence-electron chi connectivity index (χ1n) is 8.08. The van der Waals surface area contributed by atoms with Gasteiger partial charge in [0.1, 0.15) is 10.6 Å². The predicted molar refractivity (Wildman–Crippen MR) is 97.1 cm³/mol. The fourth-order valence-corrected chi connectivity index (χ4v) is 3.15. The van der Waals surface area contributed by atoms with Crippen LogP contribution >= 0.6 is 0 Å². The molecule has 0 unspecified atom stereocenters. The third-order valence-corrected chi connectivity index (χ3v) is 5.45. The Balaban J connectivity index is 2.59. The monoisotopic (exact) mass is 402 g/mol. The first kappa shape index (κ1) is 21.0. The van der Waals surface area contributed by atoms with E-state index in [-0.39, 0.29) is 22.1 Å². The van der Waals surface area contributed by atoms with Gasteiger partial charge in [-0.3, -0.25) is 0 Å². The quantitative estimate of drug-likeness (QED) is 0.724. The van der Waals surface area contributed by atoms with Crippen LogP contribution in [0.25, 0.3) is 0 Å². The molecule has 0 aliphatic heterocycles. The number of ether oxygens (including phenoxy) is 1. The number of primary sulfonamides is 1. The van der Waals surface area contributed by atoms with Crippen LogP contribution in [0.3, 0.4) is 0 Å². The lowest BCUT2D eigenvalue weighted by Crippen LogP contribution is -2.20. The minimum absolute atomic E-state index is 0.0631. The predicted octanol–water partition coefficient (Wildman–Crippen LogP) is 4.41. The van der Waals surface area contributed by atoms with Gasteiger partial charge in [-0.2, -0.15) is 13.2 Å². The average Bonchev–Trinajstić information content (AvgIpc) is 2.55. The summed E-state index contributed by atoms with van der Waals surface area (Å²) >= 11 is 0. The highest BCUT2D eigenvalue weighted by atomic mass is 32.2. The van der Waals surface area contributed by atoms with Gasteiger partial charge < -0.3 is 10.5 Å². The maximum atomic E-state index is 12.7. The summed E-state index contributed by atoms with van der Waals surface area (Å²) in [7, 11) is -4.10. The number of anilines is 1. The highest BCUT2D eigenvalue weighted by Gasteiger charge is 2.31. The van der Waals surface area contributed by atoms with Crippen molar-refractivity contribution in [1.82, 2.24) is 0 Å². The number of nitrogens with two attached hydrogens (primary N) is 2. The molecular formula is C18H21F3N2O3S. The average molecular weight is 402 g/mol. The number of alkyl halides is 3. The molecule has 0 amide bonds. The highest BCUT2D eigenvalue weighted by molar-refractivity contribution is 7.89. The third kappa shape index (κ3) is 4.54. The van der Waals surface area contributed by atoms with Gasteiger partial charge in [-0.1, -0.05) is 26.8 Å². The maximum absolute atomic E-state index is 12.7. The second kappa shape index (κ2) is 7.05. The number of nitrogen functional groups attached to an aromatic ring is 1. The number of rotatable bonds is 5. The Labute approximate surface area is 156 Å². The van der Waals surface area contributed by atoms with Crippen LogP contribution in [0.5, 0.6) is 11.5 Å². The molecule has 2 aromatic rings. The molecular weight excluding hydrogens is 381 g/mol. The number of hydrogen-bond donors (Lipinski definition) is 2. The molecule has 5 nitrogen and oxygen atoms in total. The zero-order chi connectivity index (χ0) is 20.6. The van der Waals surface area contributed by atoms with Crippen molar-refractivity contribution < 1.29 is 26.3 Å². The summed E-state index contributed by atoms with van der Waals surface area (Å²) in [6.45, 7) is 5.77. The minimum Gasteiger partial charge on any atom is -0.455 e. The molecule has 2 rings (SSSR count). The molecule has 2 aromatic carbocycles. The molecule has 0 fully saturated rings. The van der Waals surface area contributed by atoms with E-state index in [1.165, 1.54) is 6.07 Å². The first-order chi connectivity index (χ1) is 12.3. The topological polar surface area (TPSA) is 95.4 Å². The van der Waals surface area contributed by atoms with Crippen LogP contribution in [0.15, 0.2) is 41.3 Å². The second-order valence-corrected chi connectivity index (χ2v) is 8.29. The summed E-state index contributed by atoms with van der Waals surface area (Å²) < 4.78 is 67.4. The van der Waals surface area contributed by atoms with E-state index >= 15 is 0 Å². The highest BCUT2D eigenvalue weighted by Crippen LogP contribution is 2.43. The molecule has 0 saturated carbocycles. The standard InChI is InChI=1S/C18H21F3N2O3S/c1-4-17(2,3)13-9-10-14(27(23,24)25)15(22)16(13)26-12-7-5-11(6-8-12)18(19,20)21/h5-10H,4,22H2,1-3H3,(H2,23,24,25). The molecule has 0 bridgehead atoms. The van der Waals surface area contributed by atoms with Gasteiger partial charge in [0.2, 0.25) is 10.0 Å². The van der Waals surface area contributed by atoms with Crippen molar-refractivity contribution in [1.29, 1.82) is 0 Å². The Morgan fingerprint density at radius 2 is 1.59 bits per heavy atom. The molecule has 0 aliphatic carbocycles. The summed E-state index contributed by atoms with van der Waals surface area (Å²) in [6, 6.07) is 6.90. The molecule has 27 heavy (non-hydrogen) atoms. The number of halogens is 3. The SMILES string of the molecule is CCC(C)(C)c1ccc(S(N)(=O)=O)c(N)c1Oc1ccc(C(F)(F)F)cc1. The van der Waals surface area contributed by atoms with Gasteiger partial charge in [-0.25, -0.2) is 13.6 Å². The van der Waals surface area contributed by atoms with E-state index in [0.29, 0.717) is 12.0 Å². The lowest BCUT2D eigenvalue weighted by molar-refractivity contribution is -0.137. The summed E-state index contributed by atoms with van der Waals surface area (Å²) in [5.74, 6) is 0.155. The third-order valence-electron chi connectivity index (χ3n) is 4.48. The van der Waals surface area contributed by atoms with Crippen molar-refractivity contribution in [2.24, 2.45) is 5.14 Å². The molecule has 0 heterocycles. The molecule has 0 saturated heterocycles. The van der Waals surface area contributed by atoms with E-state index in [9.17, 15) is 21.6 Å². The molecule has 9 heteroatoms. The second-order valence-electron chi connectivity index (χ2n) is 6.76. The number of hydrogen-bond acceptors (Lipinski definition) is 4. The van der Waals surface area contributed by atoms with Gasteiger partial charge in [0, 0.05) is 5.56 Å². The molecule has 148 valence electrons. The summed E-state index contributed by atoms with van der Waals surface area (Å²) in [5.41, 5.74) is 5.19. The normalized spacial score (nSPS) is 12.9. The molecule has 0 aliphatic rings. The molecule has 0 aromatic heterocycles. The summed E-state index contributed by atoms with van der Waals surface area (Å²) in [5, 5.41) is 5.19. The Kier molecular flexibility index (Phi) is 5.49. The Morgan fingerprint density at radius 1 is 1.04 bits per heavy atom. The van der Waals surface area contributed by atoms with Crippen molar-refractivity contribution in [3.63, 3.8) is 0 Å². The van der Waals surface area contributed by atoms with Crippen molar-refractivity contribution >= 4 is 15.7 Å². The van der Waals surface area contributed by atoms with E-state index < -0.39 is 27.2 Å². The van der Waals surface area contributed by atoms with Crippen LogP contribution in [0.2, 0.25) is 0 Å². The summed E-state index contributed by atoms with van der Waals surface area (Å²) in [4.78, 5) is -0.305. The number of sulfonamides is 1. The van der Waals surface area contributed by atoms with Crippen molar-refractivity contribution in [3.8, 4) is 11.5 Å². The van der Waals surface area contributed by atoms with E-state index in [1.54, 1.807) is 6.07 Å². The molecule has 0 radical (unpaired) electrons. The van der Waals surface area contributed by atoms with E-state index in [2.05, 4.69) is 0 Å². The Morgan fingerprint density at radius 3 is 2.04 bits per heavy atom. The fraction of sp³-hybridized carbons (Fsp3) is 0.333. The zero-order valence-corrected chi connectivity index (χ0v) is 15.9. The van der Waals surface area contributed by atoms with Crippen LogP contribution in [-0.2, 0) is 21.6 Å². The van der Waals surface area contributed by atoms with Crippen molar-refractivity contribution in [3.05, 3.63) is 47.5 Å². The molecule has 0 atom stereocenters. The van der Waals surface area contributed by atoms with Crippen LogP contribution in [-0.4, -0.2) is 8.42 Å². The Bertz CT molecular complexity index is 938. The lowest BCUT2D eigenvalue weighted by Gasteiger charge is -2.27. The van der Waals surface area contributed by atoms with Gasteiger partial charge in [0.15, 0.2) is 5.75 Å². The van der Waals surface area contributed by atoms with E-state index in [1.807, 2.05) is 20.8 Å². The van der Waals surface area contributed by atoms with Crippen LogP contribution in [0.1, 0.15) is 38.3 Å². The molecule has 0 spiro atoms. The van der Waals surface area contributed by atoms with Crippen molar-refractivity contribution in [2.75, 3.05) is 5.73 Å². The van der Waals surface area contributed by atoms with Crippen molar-refractivity contribution in [2.45, 2.75) is 43.7 Å². The Hall–Kier alpha value is -2.26. The van der Waals surface area contributed by atoms with Crippen LogP contribution < -0.4 is 15.6 Å². The number of benzene rings is 2. The maximum Gasteiger partial charge on any atom is 0.416 e. The fourth-order valence-electron chi connectivity index (χ4n) is 2.49. The lowest BCUT2D eigenvalue weighted by atomic mass is 9.81. The van der Waals surface area contributed by atoms with Crippen LogP contribution in [0.4, 0.5) is 18.9 Å². The van der Waals surface area contributed by atoms with E-state index in [0.717, 1.165) is 24.3 Å². The first-order valence-corrected chi connectivity index (χ1v) is 9.63. The minimum atomic E-state index is -4.47. The smallest absolute Gasteiger partial charge is 0.416 e. The van der Waals surface area contributed by atoms with E-state index in [4.69, 9.17) is 15.6 Å². The van der Waals surface area contributed by atoms with Gasteiger partial charge in [0.25, 0.3) is 0 Å². The largest absolute Gasteiger partial charge is 0.455 e. The van der Waals surface area contributed by atoms with Gasteiger partial charge in [0.05, 0.1) is 11.3 Å². The zero-order valence-electron chi connectivity index (χ0n) is 15.1.